The van der Waals surface area contributed by atoms with Crippen molar-refractivity contribution < 1.29 is 14.7 Å². The monoisotopic (exact) mass is 363 g/mol. The first-order valence-corrected chi connectivity index (χ1v) is 9.35. The molecule has 1 aliphatic heterocycles. The average molecular weight is 364 g/mol. The smallest absolute Gasteiger partial charge is 0.309 e. The van der Waals surface area contributed by atoms with Gasteiger partial charge in [0.1, 0.15) is 0 Å². The summed E-state index contributed by atoms with van der Waals surface area (Å²) in [7, 11) is 0. The first kappa shape index (κ1) is 18.2. The van der Waals surface area contributed by atoms with Gasteiger partial charge in [0.05, 0.1) is 16.1 Å². The van der Waals surface area contributed by atoms with Crippen molar-refractivity contribution >= 4 is 29.2 Å². The van der Waals surface area contributed by atoms with Crippen molar-refractivity contribution in [2.24, 2.45) is 11.3 Å². The van der Waals surface area contributed by atoms with E-state index < -0.39 is 11.4 Å². The lowest BCUT2D eigenvalue weighted by Gasteiger charge is -2.49. The molecule has 4 nitrogen and oxygen atoms in total. The Morgan fingerprint density at radius 1 is 1.32 bits per heavy atom. The van der Waals surface area contributed by atoms with Crippen molar-refractivity contribution in [2.45, 2.75) is 64.7 Å². The molecule has 5 heteroatoms. The SMILES string of the molecule is CC(C)c1ccc2c(c1Cl)NC(=O)C[C@H]1[C@](C)(C(=O)O)CCC[C@]21C. The van der Waals surface area contributed by atoms with E-state index in [1.807, 2.05) is 12.1 Å². The molecule has 0 saturated heterocycles. The summed E-state index contributed by atoms with van der Waals surface area (Å²) in [5.74, 6) is -0.970. The van der Waals surface area contributed by atoms with Gasteiger partial charge in [0.25, 0.3) is 0 Å². The van der Waals surface area contributed by atoms with E-state index >= 15 is 0 Å². The van der Waals surface area contributed by atoms with Crippen LogP contribution in [0.1, 0.15) is 70.4 Å². The molecule has 25 heavy (non-hydrogen) atoms. The van der Waals surface area contributed by atoms with Crippen molar-refractivity contribution in [2.75, 3.05) is 5.32 Å². The zero-order valence-corrected chi connectivity index (χ0v) is 16.0. The fraction of sp³-hybridized carbons (Fsp3) is 0.600. The van der Waals surface area contributed by atoms with Crippen LogP contribution in [0, 0.1) is 11.3 Å². The normalized spacial score (nSPS) is 31.8. The van der Waals surface area contributed by atoms with Crippen molar-refractivity contribution in [1.29, 1.82) is 0 Å². The summed E-state index contributed by atoms with van der Waals surface area (Å²) in [5.41, 5.74) is 1.36. The maximum atomic E-state index is 12.6. The Morgan fingerprint density at radius 3 is 2.60 bits per heavy atom. The van der Waals surface area contributed by atoms with E-state index in [9.17, 15) is 14.7 Å². The number of fused-ring (bicyclic) bond motifs is 3. The molecule has 2 aliphatic rings. The molecule has 1 aliphatic carbocycles. The standard InChI is InChI=1S/C20H26ClNO3/c1-11(2)12-6-7-13-17(16(12)21)22-15(23)10-14-19(13,3)8-5-9-20(14,4)18(24)25/h6-7,11,14H,5,8-10H2,1-4H3,(H,22,23)(H,24,25)/t14-,19-,20-/m1/s1. The van der Waals surface area contributed by atoms with Crippen LogP contribution >= 0.6 is 11.6 Å². The lowest BCUT2D eigenvalue weighted by atomic mass is 9.53. The highest BCUT2D eigenvalue weighted by atomic mass is 35.5. The van der Waals surface area contributed by atoms with Gasteiger partial charge in [-0.3, -0.25) is 9.59 Å². The van der Waals surface area contributed by atoms with Crippen LogP contribution in [0.4, 0.5) is 5.69 Å². The first-order chi connectivity index (χ1) is 11.6. The van der Waals surface area contributed by atoms with Crippen LogP contribution in [-0.2, 0) is 15.0 Å². The quantitative estimate of drug-likeness (QED) is 0.780. The highest BCUT2D eigenvalue weighted by molar-refractivity contribution is 6.35. The summed E-state index contributed by atoms with van der Waals surface area (Å²) in [6, 6.07) is 4.07. The first-order valence-electron chi connectivity index (χ1n) is 8.97. The number of nitrogens with one attached hydrogen (secondary N) is 1. The molecule has 3 atom stereocenters. The van der Waals surface area contributed by atoms with Gasteiger partial charge >= 0.3 is 5.97 Å². The molecule has 0 unspecified atom stereocenters. The fourth-order valence-electron chi connectivity index (χ4n) is 4.92. The van der Waals surface area contributed by atoms with Crippen LogP contribution in [0.15, 0.2) is 12.1 Å². The van der Waals surface area contributed by atoms with Gasteiger partial charge in [-0.15, -0.1) is 0 Å². The number of halogens is 1. The molecule has 1 aromatic carbocycles. The number of aliphatic carboxylic acids is 1. The van der Waals surface area contributed by atoms with Crippen LogP contribution in [0.3, 0.4) is 0 Å². The molecule has 136 valence electrons. The van der Waals surface area contributed by atoms with E-state index in [2.05, 4.69) is 26.1 Å². The third-order valence-electron chi connectivity index (χ3n) is 6.48. The molecule has 2 N–H and O–H groups in total. The van der Waals surface area contributed by atoms with E-state index in [1.54, 1.807) is 6.92 Å². The van der Waals surface area contributed by atoms with Crippen LogP contribution in [0.2, 0.25) is 5.02 Å². The Bertz CT molecular complexity index is 745. The fourth-order valence-corrected chi connectivity index (χ4v) is 5.35. The Hall–Kier alpha value is -1.55. The predicted molar refractivity (Wildman–Crippen MR) is 99.2 cm³/mol. The second-order valence-electron chi connectivity index (χ2n) is 8.34. The summed E-state index contributed by atoms with van der Waals surface area (Å²) < 4.78 is 0. The zero-order valence-electron chi connectivity index (χ0n) is 15.3. The lowest BCUT2D eigenvalue weighted by molar-refractivity contribution is -0.157. The number of hydrogen-bond donors (Lipinski definition) is 2. The van der Waals surface area contributed by atoms with Gasteiger partial charge in [0.15, 0.2) is 0 Å². The number of carbonyl (C=O) groups is 2. The molecule has 1 heterocycles. The summed E-state index contributed by atoms with van der Waals surface area (Å²) >= 11 is 6.66. The molecule has 1 aromatic rings. The van der Waals surface area contributed by atoms with Gasteiger partial charge in [-0.25, -0.2) is 0 Å². The van der Waals surface area contributed by atoms with Crippen LogP contribution in [-0.4, -0.2) is 17.0 Å². The van der Waals surface area contributed by atoms with E-state index in [0.717, 1.165) is 24.0 Å². The number of hydrogen-bond acceptors (Lipinski definition) is 2. The number of benzene rings is 1. The van der Waals surface area contributed by atoms with Gasteiger partial charge in [-0.05, 0) is 48.1 Å². The van der Waals surface area contributed by atoms with E-state index in [-0.39, 0.29) is 29.6 Å². The van der Waals surface area contributed by atoms with Crippen molar-refractivity contribution in [3.05, 3.63) is 28.3 Å². The maximum absolute atomic E-state index is 12.6. The third kappa shape index (κ3) is 2.66. The van der Waals surface area contributed by atoms with E-state index in [0.29, 0.717) is 17.1 Å². The van der Waals surface area contributed by atoms with Crippen molar-refractivity contribution in [3.8, 4) is 0 Å². The number of amides is 1. The predicted octanol–water partition coefficient (Wildman–Crippen LogP) is 4.95. The maximum Gasteiger partial charge on any atom is 0.309 e. The van der Waals surface area contributed by atoms with Crippen LogP contribution < -0.4 is 5.32 Å². The molecular formula is C20H26ClNO3. The molecular weight excluding hydrogens is 338 g/mol. The largest absolute Gasteiger partial charge is 0.481 e. The third-order valence-corrected chi connectivity index (χ3v) is 6.89. The Balaban J connectivity index is 2.24. The molecule has 0 radical (unpaired) electrons. The molecule has 0 spiro atoms. The van der Waals surface area contributed by atoms with Gasteiger partial charge in [0.2, 0.25) is 5.91 Å². The molecule has 0 aromatic heterocycles. The summed E-state index contributed by atoms with van der Waals surface area (Å²) in [5, 5.41) is 13.5. The Morgan fingerprint density at radius 2 is 2.00 bits per heavy atom. The van der Waals surface area contributed by atoms with Gasteiger partial charge in [-0.2, -0.15) is 0 Å². The summed E-state index contributed by atoms with van der Waals surface area (Å²) in [4.78, 5) is 24.7. The number of rotatable bonds is 2. The van der Waals surface area contributed by atoms with Gasteiger partial charge < -0.3 is 10.4 Å². The summed E-state index contributed by atoms with van der Waals surface area (Å²) in [6.07, 6.45) is 2.50. The van der Waals surface area contributed by atoms with Crippen molar-refractivity contribution in [3.63, 3.8) is 0 Å². The second kappa shape index (κ2) is 6.01. The average Bonchev–Trinajstić information content (AvgIpc) is 2.63. The minimum Gasteiger partial charge on any atom is -0.481 e. The summed E-state index contributed by atoms with van der Waals surface area (Å²) in [6.45, 7) is 8.03. The number of carbonyl (C=O) groups excluding carboxylic acids is 1. The molecule has 1 saturated carbocycles. The van der Waals surface area contributed by atoms with Crippen LogP contribution in [0.25, 0.3) is 0 Å². The van der Waals surface area contributed by atoms with E-state index in [1.165, 1.54) is 0 Å². The molecule has 3 rings (SSSR count). The molecule has 1 amide bonds. The van der Waals surface area contributed by atoms with Crippen molar-refractivity contribution in [1.82, 2.24) is 0 Å². The minimum absolute atomic E-state index is 0.146. The Labute approximate surface area is 153 Å². The van der Waals surface area contributed by atoms with Gasteiger partial charge in [0, 0.05) is 6.42 Å². The van der Waals surface area contributed by atoms with E-state index in [4.69, 9.17) is 11.6 Å². The molecule has 0 bridgehead atoms. The highest BCUT2D eigenvalue weighted by Gasteiger charge is 2.56. The molecule has 1 fully saturated rings. The topological polar surface area (TPSA) is 66.4 Å². The van der Waals surface area contributed by atoms with Crippen LogP contribution in [0.5, 0.6) is 0 Å². The van der Waals surface area contributed by atoms with Gasteiger partial charge in [-0.1, -0.05) is 50.9 Å². The zero-order chi connectivity index (χ0) is 18.6. The minimum atomic E-state index is -0.908. The lowest BCUT2D eigenvalue weighted by Crippen LogP contribution is -2.50. The highest BCUT2D eigenvalue weighted by Crippen LogP contribution is 2.57. The number of anilines is 1. The Kier molecular flexibility index (Phi) is 4.39. The second-order valence-corrected chi connectivity index (χ2v) is 8.72. The number of carboxylic acids is 1. The number of carboxylic acid groups (broad SMARTS) is 1.